The topological polar surface area (TPSA) is 163 Å². The standard InChI is InChI=1S/C22H18F3N9O3/c1-21(19(35)29-11-4-2-6-27-10-11)13-15(26)30-17(31-16(13)32-20(21)36)14-12-5-3-7-28-18(12)34(33-14)8-9-37-22(23,24)25/h2-7,10H,8-9H2,1H3,(H,29,35)(H3,26,30,31,32,36). The van der Waals surface area contributed by atoms with Crippen molar-refractivity contribution in [2.24, 2.45) is 0 Å². The van der Waals surface area contributed by atoms with E-state index in [0.717, 1.165) is 0 Å². The van der Waals surface area contributed by atoms with Gasteiger partial charge in [0.15, 0.2) is 16.9 Å². The molecule has 1 atom stereocenters. The van der Waals surface area contributed by atoms with Gasteiger partial charge in [-0.25, -0.2) is 19.6 Å². The van der Waals surface area contributed by atoms with Gasteiger partial charge in [-0.15, -0.1) is 13.2 Å². The molecule has 0 spiro atoms. The van der Waals surface area contributed by atoms with Crippen LogP contribution in [-0.2, 0) is 26.3 Å². The Balaban J connectivity index is 1.52. The molecule has 0 saturated heterocycles. The van der Waals surface area contributed by atoms with Gasteiger partial charge in [-0.2, -0.15) is 5.10 Å². The summed E-state index contributed by atoms with van der Waals surface area (Å²) in [6.45, 7) is 0.453. The summed E-state index contributed by atoms with van der Waals surface area (Å²) in [5.41, 5.74) is 5.40. The van der Waals surface area contributed by atoms with Crippen LogP contribution in [0, 0.1) is 0 Å². The number of carbonyl (C=O) groups excluding carboxylic acids is 2. The molecule has 5 heterocycles. The van der Waals surface area contributed by atoms with Crippen molar-refractivity contribution in [2.75, 3.05) is 23.0 Å². The van der Waals surface area contributed by atoms with Crippen LogP contribution in [0.3, 0.4) is 0 Å². The molecular formula is C22H18F3N9O3. The smallest absolute Gasteiger partial charge is 0.383 e. The summed E-state index contributed by atoms with van der Waals surface area (Å²) >= 11 is 0. The van der Waals surface area contributed by atoms with E-state index < -0.39 is 30.2 Å². The molecular weight excluding hydrogens is 495 g/mol. The van der Waals surface area contributed by atoms with Gasteiger partial charge >= 0.3 is 6.36 Å². The van der Waals surface area contributed by atoms with Crippen molar-refractivity contribution in [1.29, 1.82) is 0 Å². The third kappa shape index (κ3) is 4.29. The fraction of sp³-hybridized carbons (Fsp3) is 0.227. The molecule has 2 amide bonds. The highest BCUT2D eigenvalue weighted by Crippen LogP contribution is 2.42. The summed E-state index contributed by atoms with van der Waals surface area (Å²) in [5.74, 6) is -1.47. The molecule has 1 aliphatic heterocycles. The van der Waals surface area contributed by atoms with Gasteiger partial charge in [0.25, 0.3) is 0 Å². The Labute approximate surface area is 206 Å². The van der Waals surface area contributed by atoms with Crippen molar-refractivity contribution in [3.63, 3.8) is 0 Å². The number of pyridine rings is 2. The molecule has 5 rings (SSSR count). The van der Waals surface area contributed by atoms with Gasteiger partial charge in [0.1, 0.15) is 17.3 Å². The Bertz CT molecular complexity index is 1520. The largest absolute Gasteiger partial charge is 0.522 e. The summed E-state index contributed by atoms with van der Waals surface area (Å²) in [6, 6.07) is 6.49. The summed E-state index contributed by atoms with van der Waals surface area (Å²) in [6.07, 6.45) is -0.371. The SMILES string of the molecule is CC1(C(=O)Nc2cccnc2)C(=O)Nc2nc(-c3nn(CCOC(F)(F)F)c4ncccc34)nc(N)c21. The first-order chi connectivity index (χ1) is 17.6. The van der Waals surface area contributed by atoms with Gasteiger partial charge in [-0.05, 0) is 31.2 Å². The van der Waals surface area contributed by atoms with E-state index in [4.69, 9.17) is 5.73 Å². The molecule has 4 aromatic rings. The number of nitrogen functional groups attached to an aromatic ring is 1. The second-order valence-electron chi connectivity index (χ2n) is 8.17. The summed E-state index contributed by atoms with van der Waals surface area (Å²) < 4.78 is 42.3. The first kappa shape index (κ1) is 24.1. The monoisotopic (exact) mass is 513 g/mol. The lowest BCUT2D eigenvalue weighted by Gasteiger charge is -2.21. The van der Waals surface area contributed by atoms with E-state index in [-0.39, 0.29) is 40.9 Å². The van der Waals surface area contributed by atoms with E-state index in [2.05, 4.69) is 40.4 Å². The van der Waals surface area contributed by atoms with Crippen LogP contribution in [0.5, 0.6) is 0 Å². The van der Waals surface area contributed by atoms with E-state index >= 15 is 0 Å². The molecule has 12 nitrogen and oxygen atoms in total. The number of anilines is 3. The molecule has 0 bridgehead atoms. The minimum atomic E-state index is -4.79. The quantitative estimate of drug-likeness (QED) is 0.328. The van der Waals surface area contributed by atoms with Crippen molar-refractivity contribution in [1.82, 2.24) is 29.7 Å². The summed E-state index contributed by atoms with van der Waals surface area (Å²) in [7, 11) is 0. The van der Waals surface area contributed by atoms with Gasteiger partial charge in [0, 0.05) is 12.4 Å². The summed E-state index contributed by atoms with van der Waals surface area (Å²) in [4.78, 5) is 42.9. The van der Waals surface area contributed by atoms with Crippen LogP contribution in [0.25, 0.3) is 22.6 Å². The van der Waals surface area contributed by atoms with Crippen molar-refractivity contribution in [2.45, 2.75) is 25.2 Å². The minimum absolute atomic E-state index is 0.0121. The van der Waals surface area contributed by atoms with E-state index in [1.807, 2.05) is 0 Å². The number of nitrogens with two attached hydrogens (primary N) is 1. The molecule has 0 saturated carbocycles. The average molecular weight is 513 g/mol. The number of halogens is 3. The Morgan fingerprint density at radius 2 is 2.03 bits per heavy atom. The van der Waals surface area contributed by atoms with Crippen molar-refractivity contribution < 1.29 is 27.5 Å². The van der Waals surface area contributed by atoms with E-state index in [1.165, 1.54) is 30.2 Å². The lowest BCUT2D eigenvalue weighted by atomic mass is 9.83. The summed E-state index contributed by atoms with van der Waals surface area (Å²) in [5, 5.41) is 9.97. The average Bonchev–Trinajstić information content (AvgIpc) is 3.34. The van der Waals surface area contributed by atoms with Crippen LogP contribution in [-0.4, -0.2) is 54.5 Å². The van der Waals surface area contributed by atoms with E-state index in [1.54, 1.807) is 24.3 Å². The number of hydrogen-bond acceptors (Lipinski definition) is 9. The number of nitrogens with zero attached hydrogens (tertiary/aromatic N) is 6. The third-order valence-electron chi connectivity index (χ3n) is 5.78. The van der Waals surface area contributed by atoms with Crippen LogP contribution in [0.15, 0.2) is 42.9 Å². The van der Waals surface area contributed by atoms with Crippen LogP contribution in [0.1, 0.15) is 12.5 Å². The number of fused-ring (bicyclic) bond motifs is 2. The van der Waals surface area contributed by atoms with Gasteiger partial charge < -0.3 is 16.4 Å². The van der Waals surface area contributed by atoms with Crippen LogP contribution in [0.4, 0.5) is 30.5 Å². The highest BCUT2D eigenvalue weighted by Gasteiger charge is 2.52. The zero-order valence-electron chi connectivity index (χ0n) is 19.1. The Morgan fingerprint density at radius 1 is 1.24 bits per heavy atom. The second kappa shape index (κ2) is 8.77. The number of alkyl halides is 3. The molecule has 190 valence electrons. The lowest BCUT2D eigenvalue weighted by molar-refractivity contribution is -0.325. The fourth-order valence-corrected chi connectivity index (χ4v) is 4.00. The highest BCUT2D eigenvalue weighted by atomic mass is 19.4. The highest BCUT2D eigenvalue weighted by molar-refractivity contribution is 6.23. The predicted octanol–water partition coefficient (Wildman–Crippen LogP) is 2.25. The normalized spacial score (nSPS) is 17.0. The number of rotatable bonds is 6. The van der Waals surface area contributed by atoms with E-state index in [9.17, 15) is 22.8 Å². The number of hydrogen-bond donors (Lipinski definition) is 3. The molecule has 37 heavy (non-hydrogen) atoms. The zero-order chi connectivity index (χ0) is 26.4. The first-order valence-electron chi connectivity index (χ1n) is 10.8. The zero-order valence-corrected chi connectivity index (χ0v) is 19.1. The maximum atomic E-state index is 13.1. The van der Waals surface area contributed by atoms with Gasteiger partial charge in [-0.1, -0.05) is 0 Å². The van der Waals surface area contributed by atoms with Gasteiger partial charge in [-0.3, -0.25) is 19.3 Å². The molecule has 1 unspecified atom stereocenters. The second-order valence-corrected chi connectivity index (χ2v) is 8.17. The Kier molecular flexibility index (Phi) is 5.70. The number of amides is 2. The van der Waals surface area contributed by atoms with E-state index in [0.29, 0.717) is 11.1 Å². The molecule has 0 aliphatic carbocycles. The van der Waals surface area contributed by atoms with Crippen LogP contribution in [0.2, 0.25) is 0 Å². The molecule has 0 aromatic carbocycles. The number of nitrogens with one attached hydrogen (secondary N) is 2. The number of carbonyl (C=O) groups is 2. The van der Waals surface area contributed by atoms with Crippen molar-refractivity contribution >= 4 is 40.2 Å². The Morgan fingerprint density at radius 3 is 2.76 bits per heavy atom. The first-order valence-corrected chi connectivity index (χ1v) is 10.8. The lowest BCUT2D eigenvalue weighted by Crippen LogP contribution is -2.43. The van der Waals surface area contributed by atoms with Gasteiger partial charge in [0.2, 0.25) is 11.8 Å². The van der Waals surface area contributed by atoms with Crippen LogP contribution >= 0.6 is 0 Å². The van der Waals surface area contributed by atoms with Crippen LogP contribution < -0.4 is 16.4 Å². The number of aromatic nitrogens is 6. The fourth-order valence-electron chi connectivity index (χ4n) is 4.00. The molecule has 4 N–H and O–H groups in total. The van der Waals surface area contributed by atoms with Crippen molar-refractivity contribution in [3.05, 3.63) is 48.4 Å². The maximum Gasteiger partial charge on any atom is 0.522 e. The third-order valence-corrected chi connectivity index (χ3v) is 5.78. The molecule has 1 aliphatic rings. The predicted molar refractivity (Wildman–Crippen MR) is 124 cm³/mol. The van der Waals surface area contributed by atoms with Crippen molar-refractivity contribution in [3.8, 4) is 11.5 Å². The molecule has 0 radical (unpaired) electrons. The number of ether oxygens (including phenoxy) is 1. The minimum Gasteiger partial charge on any atom is -0.383 e. The molecule has 15 heteroatoms. The Hall–Kier alpha value is -4.66. The molecule has 4 aromatic heterocycles. The van der Waals surface area contributed by atoms with Gasteiger partial charge in [0.05, 0.1) is 36.0 Å². The maximum absolute atomic E-state index is 13.1. The molecule has 0 fully saturated rings.